The number of hydrazine groups is 1. The maximum absolute atomic E-state index is 12.6. The van der Waals surface area contributed by atoms with Gasteiger partial charge in [-0.2, -0.15) is 13.2 Å². The van der Waals surface area contributed by atoms with Crippen LogP contribution in [-0.4, -0.2) is 17.5 Å². The third-order valence-corrected chi connectivity index (χ3v) is 2.66. The summed E-state index contributed by atoms with van der Waals surface area (Å²) in [5, 5.41) is 1.57. The first kappa shape index (κ1) is 13.6. The first-order valence-corrected chi connectivity index (χ1v) is 5.85. The maximum Gasteiger partial charge on any atom is 0.416 e. The zero-order chi connectivity index (χ0) is 14.0. The van der Waals surface area contributed by atoms with E-state index in [0.29, 0.717) is 24.5 Å². The van der Waals surface area contributed by atoms with E-state index in [1.807, 2.05) is 0 Å². The second-order valence-corrected chi connectivity index (χ2v) is 4.38. The Morgan fingerprint density at radius 1 is 1.42 bits per heavy atom. The number of hydrogen-bond acceptors (Lipinski definition) is 2. The minimum atomic E-state index is -4.36. The zero-order valence-corrected chi connectivity index (χ0v) is 10.6. The second kappa shape index (κ2) is 5.04. The molecule has 0 amide bonds. The molecule has 0 atom stereocenters. The van der Waals surface area contributed by atoms with Gasteiger partial charge in [-0.3, -0.25) is 10.4 Å². The van der Waals surface area contributed by atoms with Gasteiger partial charge in [-0.15, -0.1) is 0 Å². The molecular weight excluding hydrogens is 277 g/mol. The highest BCUT2D eigenvalue weighted by Gasteiger charge is 2.31. The minimum absolute atomic E-state index is 0.00612. The molecule has 1 aromatic carbocycles. The average molecular weight is 288 g/mol. The van der Waals surface area contributed by atoms with E-state index in [-0.39, 0.29) is 5.11 Å². The van der Waals surface area contributed by atoms with Crippen LogP contribution in [0.3, 0.4) is 0 Å². The summed E-state index contributed by atoms with van der Waals surface area (Å²) in [7, 11) is 0. The number of rotatable bonds is 1. The normalized spacial score (nSPS) is 17.6. The lowest BCUT2D eigenvalue weighted by atomic mass is 10.2. The minimum Gasteiger partial charge on any atom is -0.374 e. The molecule has 0 radical (unpaired) electrons. The number of thiocarbonyl (C=S) groups is 1. The first-order valence-electron chi connectivity index (χ1n) is 5.45. The van der Waals surface area contributed by atoms with Gasteiger partial charge in [-0.1, -0.05) is 6.07 Å². The summed E-state index contributed by atoms with van der Waals surface area (Å²) in [6.45, 7) is 0.503. The van der Waals surface area contributed by atoms with E-state index in [9.17, 15) is 13.2 Å². The highest BCUT2D eigenvalue weighted by Crippen LogP contribution is 2.31. The summed E-state index contributed by atoms with van der Waals surface area (Å²) < 4.78 is 37.8. The molecule has 0 aromatic heterocycles. The molecular formula is C11H11F3N4S. The molecule has 3 N–H and O–H groups in total. The van der Waals surface area contributed by atoms with Crippen LogP contribution < -0.4 is 16.2 Å². The third-order valence-electron chi connectivity index (χ3n) is 2.57. The van der Waals surface area contributed by atoms with Crippen LogP contribution >= 0.6 is 12.2 Å². The molecule has 1 aliphatic rings. The van der Waals surface area contributed by atoms with Crippen LogP contribution in [0.2, 0.25) is 0 Å². The Morgan fingerprint density at radius 2 is 2.16 bits per heavy atom. The lowest BCUT2D eigenvalue weighted by Gasteiger charge is -2.19. The van der Waals surface area contributed by atoms with Gasteiger partial charge < -0.3 is 5.73 Å². The monoisotopic (exact) mass is 288 g/mol. The van der Waals surface area contributed by atoms with E-state index in [0.717, 1.165) is 12.1 Å². The largest absolute Gasteiger partial charge is 0.416 e. The van der Waals surface area contributed by atoms with E-state index in [1.165, 1.54) is 6.07 Å². The molecule has 0 spiro atoms. The van der Waals surface area contributed by atoms with Crippen molar-refractivity contribution in [2.24, 2.45) is 10.7 Å². The molecule has 1 aliphatic heterocycles. The number of alkyl halides is 3. The number of nitrogens with zero attached hydrogens (tertiary/aromatic N) is 2. The van der Waals surface area contributed by atoms with Gasteiger partial charge in [0.2, 0.25) is 0 Å². The van der Waals surface area contributed by atoms with E-state index >= 15 is 0 Å². The number of hydrogen-bond donors (Lipinski definition) is 2. The van der Waals surface area contributed by atoms with Crippen LogP contribution in [0.25, 0.3) is 0 Å². The highest BCUT2D eigenvalue weighted by molar-refractivity contribution is 7.80. The SMILES string of the molecule is NC(=S)N=C1CCN(c2cccc(C(F)(F)F)c2)N1. The summed E-state index contributed by atoms with van der Waals surface area (Å²) in [5.74, 6) is 0.546. The average Bonchev–Trinajstić information content (AvgIpc) is 2.76. The van der Waals surface area contributed by atoms with Crippen LogP contribution in [0.4, 0.5) is 18.9 Å². The second-order valence-electron chi connectivity index (χ2n) is 3.96. The van der Waals surface area contributed by atoms with Crippen LogP contribution in [0.5, 0.6) is 0 Å². The Hall–Kier alpha value is -1.83. The van der Waals surface area contributed by atoms with Crippen molar-refractivity contribution in [1.82, 2.24) is 5.43 Å². The van der Waals surface area contributed by atoms with Crippen molar-refractivity contribution in [3.8, 4) is 0 Å². The Labute approximate surface area is 113 Å². The van der Waals surface area contributed by atoms with Gasteiger partial charge in [0.25, 0.3) is 0 Å². The van der Waals surface area contributed by atoms with Crippen molar-refractivity contribution >= 4 is 28.9 Å². The molecule has 1 fully saturated rings. The maximum atomic E-state index is 12.6. The van der Waals surface area contributed by atoms with Gasteiger partial charge in [-0.05, 0) is 30.4 Å². The van der Waals surface area contributed by atoms with Crippen molar-refractivity contribution in [1.29, 1.82) is 0 Å². The molecule has 0 aliphatic carbocycles. The third kappa shape index (κ3) is 3.34. The molecule has 1 aromatic rings. The first-order chi connectivity index (χ1) is 8.86. The smallest absolute Gasteiger partial charge is 0.374 e. The lowest BCUT2D eigenvalue weighted by molar-refractivity contribution is -0.137. The molecule has 0 bridgehead atoms. The predicted molar refractivity (Wildman–Crippen MR) is 70.8 cm³/mol. The summed E-state index contributed by atoms with van der Waals surface area (Å²) in [6, 6.07) is 5.06. The summed E-state index contributed by atoms with van der Waals surface area (Å²) in [5.41, 5.74) is 7.87. The Balaban J connectivity index is 2.18. The number of nitrogens with one attached hydrogen (secondary N) is 1. The standard InChI is InChI=1S/C11H11F3N4S/c12-11(13,14)7-2-1-3-8(6-7)18-5-4-9(17-18)16-10(15)19/h1-3,6H,4-5H2,(H3,15,16,17,19). The van der Waals surface area contributed by atoms with Gasteiger partial charge in [0.05, 0.1) is 11.3 Å². The number of anilines is 1. The van der Waals surface area contributed by atoms with E-state index in [1.54, 1.807) is 11.1 Å². The van der Waals surface area contributed by atoms with Crippen molar-refractivity contribution in [2.75, 3.05) is 11.6 Å². The Morgan fingerprint density at radius 3 is 2.79 bits per heavy atom. The van der Waals surface area contributed by atoms with Crippen LogP contribution in [0, 0.1) is 0 Å². The molecule has 1 saturated heterocycles. The van der Waals surface area contributed by atoms with E-state index in [4.69, 9.17) is 5.73 Å². The molecule has 0 saturated carbocycles. The fraction of sp³-hybridized carbons (Fsp3) is 0.273. The zero-order valence-electron chi connectivity index (χ0n) is 9.74. The molecule has 1 heterocycles. The fourth-order valence-electron chi connectivity index (χ4n) is 1.74. The molecule has 19 heavy (non-hydrogen) atoms. The number of aliphatic imine (C=N–C) groups is 1. The fourth-order valence-corrected chi connectivity index (χ4v) is 1.85. The van der Waals surface area contributed by atoms with Gasteiger partial charge in [-0.25, -0.2) is 4.99 Å². The topological polar surface area (TPSA) is 53.6 Å². The van der Waals surface area contributed by atoms with Crippen molar-refractivity contribution < 1.29 is 13.2 Å². The number of nitrogens with two attached hydrogens (primary N) is 1. The summed E-state index contributed by atoms with van der Waals surface area (Å²) >= 11 is 4.64. The molecule has 8 heteroatoms. The molecule has 0 unspecified atom stereocenters. The van der Waals surface area contributed by atoms with Crippen molar-refractivity contribution in [2.45, 2.75) is 12.6 Å². The Bertz CT molecular complexity index is 527. The van der Waals surface area contributed by atoms with Gasteiger partial charge in [0.1, 0.15) is 5.84 Å². The number of amidine groups is 1. The summed E-state index contributed by atoms with van der Waals surface area (Å²) in [4.78, 5) is 3.87. The predicted octanol–water partition coefficient (Wildman–Crippen LogP) is 2.06. The van der Waals surface area contributed by atoms with E-state index < -0.39 is 11.7 Å². The number of benzene rings is 1. The van der Waals surface area contributed by atoms with Crippen LogP contribution in [-0.2, 0) is 6.18 Å². The molecule has 2 rings (SSSR count). The van der Waals surface area contributed by atoms with Crippen LogP contribution in [0.15, 0.2) is 29.3 Å². The quantitative estimate of drug-likeness (QED) is 0.777. The van der Waals surface area contributed by atoms with Crippen molar-refractivity contribution in [3.63, 3.8) is 0 Å². The summed E-state index contributed by atoms with van der Waals surface area (Å²) in [6.07, 6.45) is -3.81. The lowest BCUT2D eigenvalue weighted by Crippen LogP contribution is -2.33. The van der Waals surface area contributed by atoms with Crippen molar-refractivity contribution in [3.05, 3.63) is 29.8 Å². The van der Waals surface area contributed by atoms with E-state index in [2.05, 4.69) is 22.6 Å². The number of halogens is 3. The molecule has 4 nitrogen and oxygen atoms in total. The van der Waals surface area contributed by atoms with Gasteiger partial charge in [0, 0.05) is 13.0 Å². The Kier molecular flexibility index (Phi) is 3.61. The highest BCUT2D eigenvalue weighted by atomic mass is 32.1. The molecule has 102 valence electrons. The van der Waals surface area contributed by atoms with Gasteiger partial charge in [0.15, 0.2) is 5.11 Å². The van der Waals surface area contributed by atoms with Crippen LogP contribution in [0.1, 0.15) is 12.0 Å². The van der Waals surface area contributed by atoms with Gasteiger partial charge >= 0.3 is 6.18 Å².